The minimum Gasteiger partial charge on any atom is -0.469 e. The molecule has 1 amide bonds. The van der Waals surface area contributed by atoms with Crippen molar-refractivity contribution in [2.45, 2.75) is 13.3 Å². The van der Waals surface area contributed by atoms with Gasteiger partial charge in [0, 0.05) is 38.3 Å². The Morgan fingerprint density at radius 1 is 1.17 bits per heavy atom. The zero-order valence-corrected chi connectivity index (χ0v) is 14.5. The van der Waals surface area contributed by atoms with Gasteiger partial charge in [-0.25, -0.2) is 0 Å². The van der Waals surface area contributed by atoms with Crippen LogP contribution in [-0.2, 0) is 14.3 Å². The average Bonchev–Trinajstić information content (AvgIpc) is 2.62. The Morgan fingerprint density at radius 3 is 2.46 bits per heavy atom. The van der Waals surface area contributed by atoms with Crippen molar-refractivity contribution in [3.8, 4) is 0 Å². The molecule has 0 unspecified atom stereocenters. The molecule has 1 saturated heterocycles. The molecule has 1 aliphatic rings. The summed E-state index contributed by atoms with van der Waals surface area (Å²) in [4.78, 5) is 28.2. The molecule has 2 rings (SSSR count). The summed E-state index contributed by atoms with van der Waals surface area (Å²) in [6, 6.07) is 7.51. The van der Waals surface area contributed by atoms with E-state index in [1.807, 2.05) is 31.2 Å². The van der Waals surface area contributed by atoms with Crippen LogP contribution >= 0.6 is 0 Å². The van der Waals surface area contributed by atoms with Gasteiger partial charge in [0.15, 0.2) is 0 Å². The van der Waals surface area contributed by atoms with Gasteiger partial charge in [-0.1, -0.05) is 17.7 Å². The third-order valence-electron chi connectivity index (χ3n) is 4.19. The SMILES string of the molecule is COC(=O)CCN(CCN1CCOCC1)C(=O)c1ccc(C)cc1. The van der Waals surface area contributed by atoms with Crippen molar-refractivity contribution in [1.29, 1.82) is 0 Å². The number of carbonyl (C=O) groups excluding carboxylic acids is 2. The molecule has 1 fully saturated rings. The van der Waals surface area contributed by atoms with Crippen LogP contribution in [0.25, 0.3) is 0 Å². The van der Waals surface area contributed by atoms with E-state index in [-0.39, 0.29) is 18.3 Å². The Bertz CT molecular complexity index is 538. The molecule has 0 spiro atoms. The predicted molar refractivity (Wildman–Crippen MR) is 91.0 cm³/mol. The smallest absolute Gasteiger partial charge is 0.307 e. The molecule has 1 aliphatic heterocycles. The monoisotopic (exact) mass is 334 g/mol. The van der Waals surface area contributed by atoms with E-state index in [1.54, 1.807) is 4.90 Å². The van der Waals surface area contributed by atoms with E-state index in [9.17, 15) is 9.59 Å². The van der Waals surface area contributed by atoms with Gasteiger partial charge >= 0.3 is 5.97 Å². The topological polar surface area (TPSA) is 59.1 Å². The van der Waals surface area contributed by atoms with Gasteiger partial charge in [-0.15, -0.1) is 0 Å². The molecule has 132 valence electrons. The van der Waals surface area contributed by atoms with Crippen LogP contribution in [0.4, 0.5) is 0 Å². The molecular weight excluding hydrogens is 308 g/mol. The Hall–Kier alpha value is -1.92. The molecule has 0 N–H and O–H groups in total. The molecule has 0 bridgehead atoms. The zero-order chi connectivity index (χ0) is 17.4. The standard InChI is InChI=1S/C18H26N2O4/c1-15-3-5-16(6-4-15)18(22)20(8-7-17(21)23-2)10-9-19-11-13-24-14-12-19/h3-6H,7-14H2,1-2H3. The van der Waals surface area contributed by atoms with E-state index < -0.39 is 0 Å². The number of ether oxygens (including phenoxy) is 2. The molecule has 1 heterocycles. The van der Waals surface area contributed by atoms with Crippen molar-refractivity contribution < 1.29 is 19.1 Å². The highest BCUT2D eigenvalue weighted by Gasteiger charge is 2.19. The fourth-order valence-electron chi connectivity index (χ4n) is 2.61. The largest absolute Gasteiger partial charge is 0.469 e. The molecule has 0 saturated carbocycles. The molecule has 0 radical (unpaired) electrons. The van der Waals surface area contributed by atoms with Crippen molar-refractivity contribution in [1.82, 2.24) is 9.80 Å². The predicted octanol–water partition coefficient (Wildman–Crippen LogP) is 1.33. The van der Waals surface area contributed by atoms with E-state index in [4.69, 9.17) is 9.47 Å². The molecule has 0 aromatic heterocycles. The molecule has 1 aromatic carbocycles. The lowest BCUT2D eigenvalue weighted by atomic mass is 10.1. The number of aryl methyl sites for hydroxylation is 1. The van der Waals surface area contributed by atoms with Gasteiger partial charge in [0.25, 0.3) is 5.91 Å². The second-order valence-electron chi connectivity index (χ2n) is 5.94. The zero-order valence-electron chi connectivity index (χ0n) is 14.5. The minimum atomic E-state index is -0.303. The second-order valence-corrected chi connectivity index (χ2v) is 5.94. The number of morpholine rings is 1. The number of carbonyl (C=O) groups is 2. The van der Waals surface area contributed by atoms with Gasteiger partial charge in [-0.3, -0.25) is 14.5 Å². The number of rotatable bonds is 7. The van der Waals surface area contributed by atoms with Crippen molar-refractivity contribution in [3.63, 3.8) is 0 Å². The molecular formula is C18H26N2O4. The van der Waals surface area contributed by atoms with Crippen molar-refractivity contribution in [3.05, 3.63) is 35.4 Å². The van der Waals surface area contributed by atoms with Crippen LogP contribution in [0.5, 0.6) is 0 Å². The highest BCUT2D eigenvalue weighted by Crippen LogP contribution is 2.09. The first-order valence-electron chi connectivity index (χ1n) is 8.33. The average molecular weight is 334 g/mol. The summed E-state index contributed by atoms with van der Waals surface area (Å²) in [6.07, 6.45) is 0.206. The van der Waals surface area contributed by atoms with Gasteiger partial charge in [-0.2, -0.15) is 0 Å². The summed E-state index contributed by atoms with van der Waals surface area (Å²) in [6.45, 7) is 6.94. The highest BCUT2D eigenvalue weighted by atomic mass is 16.5. The van der Waals surface area contributed by atoms with E-state index >= 15 is 0 Å². The van der Waals surface area contributed by atoms with Crippen LogP contribution in [-0.4, -0.2) is 74.7 Å². The molecule has 6 heteroatoms. The Labute approximate surface area is 143 Å². The Morgan fingerprint density at radius 2 is 1.83 bits per heavy atom. The summed E-state index contributed by atoms with van der Waals surface area (Å²) in [5.41, 5.74) is 1.76. The van der Waals surface area contributed by atoms with Crippen LogP contribution in [0.3, 0.4) is 0 Å². The van der Waals surface area contributed by atoms with Crippen LogP contribution in [0.2, 0.25) is 0 Å². The normalized spacial score (nSPS) is 15.1. The Kier molecular flexibility index (Phi) is 7.21. The maximum Gasteiger partial charge on any atom is 0.307 e. The first-order valence-corrected chi connectivity index (χ1v) is 8.33. The number of methoxy groups -OCH3 is 1. The number of amides is 1. The number of nitrogens with zero attached hydrogens (tertiary/aromatic N) is 2. The number of hydrogen-bond acceptors (Lipinski definition) is 5. The third kappa shape index (κ3) is 5.62. The lowest BCUT2D eigenvalue weighted by molar-refractivity contribution is -0.140. The first-order chi connectivity index (χ1) is 11.6. The summed E-state index contributed by atoms with van der Waals surface area (Å²) in [5, 5.41) is 0. The number of esters is 1. The van der Waals surface area contributed by atoms with E-state index in [0.29, 0.717) is 18.7 Å². The lowest BCUT2D eigenvalue weighted by Gasteiger charge is -2.30. The maximum absolute atomic E-state index is 12.8. The lowest BCUT2D eigenvalue weighted by Crippen LogP contribution is -2.43. The highest BCUT2D eigenvalue weighted by molar-refractivity contribution is 5.94. The summed E-state index contributed by atoms with van der Waals surface area (Å²) in [7, 11) is 1.36. The fourth-order valence-corrected chi connectivity index (χ4v) is 2.61. The molecule has 0 atom stereocenters. The quantitative estimate of drug-likeness (QED) is 0.704. The van der Waals surface area contributed by atoms with Crippen LogP contribution in [0, 0.1) is 6.92 Å². The Balaban J connectivity index is 1.98. The maximum atomic E-state index is 12.8. The van der Waals surface area contributed by atoms with Crippen molar-refractivity contribution >= 4 is 11.9 Å². The fraction of sp³-hybridized carbons (Fsp3) is 0.556. The van der Waals surface area contributed by atoms with Crippen LogP contribution in [0.15, 0.2) is 24.3 Å². The van der Waals surface area contributed by atoms with Crippen LogP contribution in [0.1, 0.15) is 22.3 Å². The van der Waals surface area contributed by atoms with E-state index in [0.717, 1.165) is 38.4 Å². The van der Waals surface area contributed by atoms with Gasteiger partial charge in [-0.05, 0) is 19.1 Å². The van der Waals surface area contributed by atoms with Gasteiger partial charge < -0.3 is 14.4 Å². The van der Waals surface area contributed by atoms with Crippen molar-refractivity contribution in [2.24, 2.45) is 0 Å². The third-order valence-corrected chi connectivity index (χ3v) is 4.19. The van der Waals surface area contributed by atoms with E-state index in [1.165, 1.54) is 7.11 Å². The second kappa shape index (κ2) is 9.39. The summed E-state index contributed by atoms with van der Waals surface area (Å²) >= 11 is 0. The van der Waals surface area contributed by atoms with Gasteiger partial charge in [0.2, 0.25) is 0 Å². The van der Waals surface area contributed by atoms with Gasteiger partial charge in [0.1, 0.15) is 0 Å². The number of hydrogen-bond donors (Lipinski definition) is 0. The molecule has 6 nitrogen and oxygen atoms in total. The summed E-state index contributed by atoms with van der Waals surface area (Å²) in [5.74, 6) is -0.352. The van der Waals surface area contributed by atoms with Crippen LogP contribution < -0.4 is 0 Å². The summed E-state index contributed by atoms with van der Waals surface area (Å²) < 4.78 is 10.0. The van der Waals surface area contributed by atoms with Crippen molar-refractivity contribution in [2.75, 3.05) is 53.0 Å². The van der Waals surface area contributed by atoms with Gasteiger partial charge in [0.05, 0.1) is 26.7 Å². The molecule has 24 heavy (non-hydrogen) atoms. The minimum absolute atomic E-state index is 0.0489. The molecule has 1 aromatic rings. The number of benzene rings is 1. The molecule has 0 aliphatic carbocycles. The first kappa shape index (κ1) is 18.4. The van der Waals surface area contributed by atoms with E-state index in [2.05, 4.69) is 4.90 Å².